The maximum atomic E-state index is 11.9. The highest BCUT2D eigenvalue weighted by molar-refractivity contribution is 5.54. The van der Waals surface area contributed by atoms with Crippen LogP contribution < -0.4 is 4.90 Å². The van der Waals surface area contributed by atoms with E-state index >= 15 is 0 Å². The monoisotopic (exact) mass is 342 g/mol. The predicted molar refractivity (Wildman–Crippen MR) is 106 cm³/mol. The Morgan fingerprint density at radius 1 is 0.731 bits per heavy atom. The second-order valence-electron chi connectivity index (χ2n) is 6.95. The third kappa shape index (κ3) is 3.13. The van der Waals surface area contributed by atoms with Crippen LogP contribution in [-0.2, 0) is 5.60 Å². The summed E-state index contributed by atoms with van der Waals surface area (Å²) in [7, 11) is 0. The van der Waals surface area contributed by atoms with Crippen molar-refractivity contribution in [3.05, 3.63) is 102 Å². The summed E-state index contributed by atoms with van der Waals surface area (Å²) in [4.78, 5) is 2.38. The molecular formula is C24H24NO. The fourth-order valence-corrected chi connectivity index (χ4v) is 3.86. The smallest absolute Gasteiger partial charge is 0.140 e. The molecule has 3 aromatic rings. The summed E-state index contributed by atoms with van der Waals surface area (Å²) in [6.45, 7) is 2.13. The Morgan fingerprint density at radius 2 is 1.31 bits per heavy atom. The van der Waals surface area contributed by atoms with E-state index in [0.29, 0.717) is 0 Å². The summed E-state index contributed by atoms with van der Waals surface area (Å²) < 4.78 is 0. The van der Waals surface area contributed by atoms with Gasteiger partial charge in [0.05, 0.1) is 0 Å². The first-order chi connectivity index (χ1) is 12.8. The van der Waals surface area contributed by atoms with Crippen LogP contribution in [0.3, 0.4) is 0 Å². The molecule has 1 radical (unpaired) electrons. The van der Waals surface area contributed by atoms with E-state index < -0.39 is 5.60 Å². The van der Waals surface area contributed by atoms with Gasteiger partial charge in [-0.05, 0) is 42.0 Å². The summed E-state index contributed by atoms with van der Waals surface area (Å²) in [6, 6.07) is 29.2. The molecule has 0 spiro atoms. The van der Waals surface area contributed by atoms with Gasteiger partial charge in [-0.15, -0.1) is 0 Å². The van der Waals surface area contributed by atoms with Crippen LogP contribution in [-0.4, -0.2) is 18.2 Å². The van der Waals surface area contributed by atoms with Crippen molar-refractivity contribution in [1.82, 2.24) is 0 Å². The Bertz CT molecular complexity index is 799. The molecule has 4 rings (SSSR count). The van der Waals surface area contributed by atoms with Gasteiger partial charge in [0.15, 0.2) is 0 Å². The fraction of sp³-hybridized carbons (Fsp3) is 0.250. The van der Waals surface area contributed by atoms with E-state index in [1.54, 1.807) is 0 Å². The average Bonchev–Trinajstić information content (AvgIpc) is 2.75. The fourth-order valence-electron chi connectivity index (χ4n) is 3.86. The van der Waals surface area contributed by atoms with Crippen molar-refractivity contribution in [3.8, 4) is 0 Å². The summed E-state index contributed by atoms with van der Waals surface area (Å²) in [5.41, 5.74) is 2.54. The molecule has 0 bridgehead atoms. The van der Waals surface area contributed by atoms with Crippen molar-refractivity contribution in [3.63, 3.8) is 0 Å². The van der Waals surface area contributed by atoms with Crippen LogP contribution in [0.2, 0.25) is 0 Å². The summed E-state index contributed by atoms with van der Waals surface area (Å²) in [5, 5.41) is 11.9. The summed E-state index contributed by atoms with van der Waals surface area (Å²) >= 11 is 0. The molecule has 1 N–H and O–H groups in total. The second-order valence-corrected chi connectivity index (χ2v) is 6.95. The predicted octanol–water partition coefficient (Wildman–Crippen LogP) is 4.76. The molecular weight excluding hydrogens is 318 g/mol. The third-order valence-electron chi connectivity index (χ3n) is 5.28. The van der Waals surface area contributed by atoms with E-state index in [0.717, 1.165) is 35.5 Å². The van der Waals surface area contributed by atoms with Crippen LogP contribution in [0, 0.1) is 6.07 Å². The zero-order valence-electron chi connectivity index (χ0n) is 14.9. The molecule has 0 aromatic heterocycles. The van der Waals surface area contributed by atoms with Crippen molar-refractivity contribution in [1.29, 1.82) is 0 Å². The van der Waals surface area contributed by atoms with Crippen LogP contribution in [0.4, 0.5) is 5.69 Å². The highest BCUT2D eigenvalue weighted by atomic mass is 16.3. The number of hydrogen-bond acceptors (Lipinski definition) is 2. The van der Waals surface area contributed by atoms with E-state index in [9.17, 15) is 5.11 Å². The van der Waals surface area contributed by atoms with Crippen molar-refractivity contribution in [2.75, 3.05) is 18.0 Å². The Morgan fingerprint density at radius 3 is 1.88 bits per heavy atom. The van der Waals surface area contributed by atoms with Crippen LogP contribution in [0.1, 0.15) is 36.0 Å². The third-order valence-corrected chi connectivity index (χ3v) is 5.28. The molecule has 0 saturated carbocycles. The summed E-state index contributed by atoms with van der Waals surface area (Å²) in [5.74, 6) is 0. The molecule has 2 nitrogen and oxygen atoms in total. The van der Waals surface area contributed by atoms with Crippen LogP contribution >= 0.6 is 0 Å². The van der Waals surface area contributed by atoms with E-state index in [1.165, 1.54) is 19.3 Å². The van der Waals surface area contributed by atoms with E-state index in [2.05, 4.69) is 17.0 Å². The first-order valence-corrected chi connectivity index (χ1v) is 9.39. The van der Waals surface area contributed by atoms with Gasteiger partial charge in [0.1, 0.15) is 5.60 Å². The molecule has 1 aliphatic heterocycles. The van der Waals surface area contributed by atoms with Gasteiger partial charge in [0, 0.05) is 24.8 Å². The maximum Gasteiger partial charge on any atom is 0.140 e. The number of benzene rings is 3. The largest absolute Gasteiger partial charge is 0.376 e. The lowest BCUT2D eigenvalue weighted by Gasteiger charge is -2.33. The maximum absolute atomic E-state index is 11.9. The molecule has 1 aliphatic rings. The molecule has 1 fully saturated rings. The normalized spacial score (nSPS) is 15.0. The zero-order chi connectivity index (χ0) is 17.8. The molecule has 0 amide bonds. The van der Waals surface area contributed by atoms with Crippen LogP contribution in [0.15, 0.2) is 78.9 Å². The topological polar surface area (TPSA) is 23.5 Å². The van der Waals surface area contributed by atoms with Gasteiger partial charge >= 0.3 is 0 Å². The molecule has 1 heterocycles. The van der Waals surface area contributed by atoms with E-state index in [4.69, 9.17) is 0 Å². The minimum Gasteiger partial charge on any atom is -0.376 e. The molecule has 0 aliphatic carbocycles. The van der Waals surface area contributed by atoms with Gasteiger partial charge < -0.3 is 10.0 Å². The van der Waals surface area contributed by atoms with Crippen LogP contribution in [0.25, 0.3) is 0 Å². The van der Waals surface area contributed by atoms with Crippen molar-refractivity contribution in [2.24, 2.45) is 0 Å². The highest BCUT2D eigenvalue weighted by Gasteiger charge is 2.34. The van der Waals surface area contributed by atoms with Gasteiger partial charge in [-0.25, -0.2) is 0 Å². The number of piperidine rings is 1. The van der Waals surface area contributed by atoms with E-state index in [1.807, 2.05) is 72.8 Å². The average molecular weight is 342 g/mol. The molecule has 26 heavy (non-hydrogen) atoms. The lowest BCUT2D eigenvalue weighted by atomic mass is 9.80. The van der Waals surface area contributed by atoms with Crippen molar-refractivity contribution < 1.29 is 5.11 Å². The Labute approximate surface area is 155 Å². The number of anilines is 1. The van der Waals surface area contributed by atoms with Crippen molar-refractivity contribution >= 4 is 5.69 Å². The molecule has 0 atom stereocenters. The highest BCUT2D eigenvalue weighted by Crippen LogP contribution is 2.38. The number of rotatable bonds is 4. The van der Waals surface area contributed by atoms with E-state index in [-0.39, 0.29) is 0 Å². The van der Waals surface area contributed by atoms with Gasteiger partial charge in [0.2, 0.25) is 0 Å². The Kier molecular flexibility index (Phi) is 4.77. The number of hydrogen-bond donors (Lipinski definition) is 1. The SMILES string of the molecule is OC(c1ccccc1)(c1ccccc1)c1cc[c]c(N2CCCCC2)c1. The minimum absolute atomic E-state index is 0.877. The Balaban J connectivity index is 1.82. The molecule has 0 unspecified atom stereocenters. The first kappa shape index (κ1) is 16.9. The van der Waals surface area contributed by atoms with Gasteiger partial charge in [0.25, 0.3) is 0 Å². The molecule has 2 heteroatoms. The van der Waals surface area contributed by atoms with Gasteiger partial charge in [-0.2, -0.15) is 0 Å². The van der Waals surface area contributed by atoms with Crippen LogP contribution in [0.5, 0.6) is 0 Å². The van der Waals surface area contributed by atoms with Crippen molar-refractivity contribution in [2.45, 2.75) is 24.9 Å². The Hall–Kier alpha value is -2.58. The zero-order valence-corrected chi connectivity index (χ0v) is 14.9. The molecule has 3 aromatic carbocycles. The standard InChI is InChI=1S/C24H24NO/c26-24(20-11-4-1-5-12-20,21-13-6-2-7-14-21)22-15-10-16-23(19-22)25-17-8-3-9-18-25/h1-2,4-7,10-15,19,26H,3,8-9,17-18H2. The lowest BCUT2D eigenvalue weighted by Crippen LogP contribution is -2.31. The van der Waals surface area contributed by atoms with Gasteiger partial charge in [-0.1, -0.05) is 72.8 Å². The number of aliphatic hydroxyl groups is 1. The number of nitrogens with zero attached hydrogens (tertiary/aromatic N) is 1. The summed E-state index contributed by atoms with van der Waals surface area (Å²) in [6.07, 6.45) is 3.74. The molecule has 131 valence electrons. The minimum atomic E-state index is -1.18. The first-order valence-electron chi connectivity index (χ1n) is 9.39. The second kappa shape index (κ2) is 7.35. The quantitative estimate of drug-likeness (QED) is 0.691. The van der Waals surface area contributed by atoms with Gasteiger partial charge in [-0.3, -0.25) is 0 Å². The molecule has 1 saturated heterocycles. The lowest BCUT2D eigenvalue weighted by molar-refractivity contribution is 0.126.